The topological polar surface area (TPSA) is 107 Å². The summed E-state index contributed by atoms with van der Waals surface area (Å²) >= 11 is 0. The first-order valence-corrected chi connectivity index (χ1v) is 7.74. The Kier molecular flexibility index (Phi) is 8.11. The molecule has 1 aromatic carbocycles. The predicted molar refractivity (Wildman–Crippen MR) is 73.6 cm³/mol. The zero-order valence-electron chi connectivity index (χ0n) is 12.5. The Morgan fingerprint density at radius 1 is 1.23 bits per heavy atom. The Morgan fingerprint density at radius 2 is 1.82 bits per heavy atom. The van der Waals surface area contributed by atoms with Crippen molar-refractivity contribution in [2.45, 2.75) is 11.8 Å². The molecule has 1 aliphatic heterocycles. The van der Waals surface area contributed by atoms with Crippen LogP contribution in [0.4, 0.5) is 5.69 Å². The van der Waals surface area contributed by atoms with E-state index in [9.17, 15) is 13.5 Å². The standard InChI is InChI=1S/C12H16N4O4S.K/c1-10(17)14-21(18,19)12-4-2-11(3-5-12)13-15-16-6-8-20-9-7-16;/h2-5H,6-9H2,1H3,(H,14,17);/q;+1/p-1. The summed E-state index contributed by atoms with van der Waals surface area (Å²) in [5.41, 5.74) is 0.517. The molecule has 0 amide bonds. The second kappa shape index (κ2) is 9.06. The summed E-state index contributed by atoms with van der Waals surface area (Å²) in [7, 11) is -3.94. The summed E-state index contributed by atoms with van der Waals surface area (Å²) in [4.78, 5) is -0.0528. The summed E-state index contributed by atoms with van der Waals surface area (Å²) in [5.74, 6) is -0.758. The van der Waals surface area contributed by atoms with Crippen LogP contribution in [-0.2, 0) is 14.8 Å². The Morgan fingerprint density at radius 3 is 2.36 bits per heavy atom. The number of hydrogen-bond acceptors (Lipinski definition) is 6. The molecule has 8 nitrogen and oxygen atoms in total. The van der Waals surface area contributed by atoms with Crippen LogP contribution >= 0.6 is 0 Å². The summed E-state index contributed by atoms with van der Waals surface area (Å²) in [6.07, 6.45) is 0. The van der Waals surface area contributed by atoms with Crippen molar-refractivity contribution in [3.05, 3.63) is 24.3 Å². The molecule has 0 aliphatic carbocycles. The second-order valence-electron chi connectivity index (χ2n) is 4.33. The van der Waals surface area contributed by atoms with Gasteiger partial charge in [-0.05, 0) is 37.1 Å². The third kappa shape index (κ3) is 6.03. The van der Waals surface area contributed by atoms with E-state index in [1.165, 1.54) is 24.3 Å². The summed E-state index contributed by atoms with van der Waals surface area (Å²) in [5, 5.41) is 20.6. The molecule has 0 N–H and O–H groups in total. The molecule has 2 rings (SSSR count). The van der Waals surface area contributed by atoms with Crippen LogP contribution in [-0.4, -0.2) is 45.6 Å². The molecule has 0 saturated carbocycles. The van der Waals surface area contributed by atoms with Crippen LogP contribution in [0.3, 0.4) is 0 Å². The molecule has 1 aliphatic rings. The summed E-state index contributed by atoms with van der Waals surface area (Å²) in [6, 6.07) is 5.70. The number of morpholine rings is 1. The first kappa shape index (κ1) is 19.7. The molecule has 0 unspecified atom stereocenters. The van der Waals surface area contributed by atoms with E-state index >= 15 is 0 Å². The van der Waals surface area contributed by atoms with Crippen LogP contribution in [0.15, 0.2) is 43.9 Å². The molecule has 0 spiro atoms. The molecule has 0 radical (unpaired) electrons. The van der Waals surface area contributed by atoms with E-state index in [4.69, 9.17) is 4.74 Å². The average Bonchev–Trinajstić information content (AvgIpc) is 2.45. The second-order valence-corrected chi connectivity index (χ2v) is 5.94. The van der Waals surface area contributed by atoms with Gasteiger partial charge in [0, 0.05) is 0 Å². The monoisotopic (exact) mass is 350 g/mol. The van der Waals surface area contributed by atoms with Crippen molar-refractivity contribution in [1.29, 1.82) is 0 Å². The van der Waals surface area contributed by atoms with Crippen molar-refractivity contribution >= 4 is 21.6 Å². The zero-order chi connectivity index (χ0) is 15.3. The van der Waals surface area contributed by atoms with Crippen molar-refractivity contribution < 1.29 is 69.6 Å². The van der Waals surface area contributed by atoms with Gasteiger partial charge in [0.1, 0.15) is 0 Å². The van der Waals surface area contributed by atoms with E-state index in [1.54, 1.807) is 5.01 Å². The first-order valence-electron chi connectivity index (χ1n) is 6.30. The van der Waals surface area contributed by atoms with Crippen LogP contribution < -0.4 is 56.5 Å². The molecule has 0 aromatic heterocycles. The number of rotatable bonds is 4. The van der Waals surface area contributed by atoms with E-state index < -0.39 is 15.9 Å². The van der Waals surface area contributed by atoms with Crippen LogP contribution in [0, 0.1) is 0 Å². The first-order chi connectivity index (χ1) is 9.97. The molecule has 0 bridgehead atoms. The van der Waals surface area contributed by atoms with E-state index in [-0.39, 0.29) is 56.3 Å². The largest absolute Gasteiger partial charge is 1.00 e. The number of sulfonamides is 1. The quantitative estimate of drug-likeness (QED) is 0.258. The van der Waals surface area contributed by atoms with Crippen LogP contribution in [0.5, 0.6) is 0 Å². The van der Waals surface area contributed by atoms with Crippen LogP contribution in [0.2, 0.25) is 0 Å². The minimum Gasteiger partial charge on any atom is -0.861 e. The Balaban J connectivity index is 0.00000242. The van der Waals surface area contributed by atoms with Gasteiger partial charge in [-0.1, -0.05) is 5.22 Å². The van der Waals surface area contributed by atoms with Gasteiger partial charge >= 0.3 is 51.4 Å². The van der Waals surface area contributed by atoms with Crippen molar-refractivity contribution in [2.24, 2.45) is 14.7 Å². The maximum absolute atomic E-state index is 11.7. The summed E-state index contributed by atoms with van der Waals surface area (Å²) < 4.78 is 31.7. The molecule has 1 fully saturated rings. The third-order valence-corrected chi connectivity index (χ3v) is 4.02. The molecule has 0 atom stereocenters. The van der Waals surface area contributed by atoms with Gasteiger partial charge in [-0.25, -0.2) is 0 Å². The third-order valence-electron chi connectivity index (χ3n) is 2.66. The zero-order valence-corrected chi connectivity index (χ0v) is 16.4. The minimum absolute atomic E-state index is 0. The molecular weight excluding hydrogens is 335 g/mol. The fraction of sp³-hybridized carbons (Fsp3) is 0.417. The number of nitrogens with zero attached hydrogens (tertiary/aromatic N) is 4. The smallest absolute Gasteiger partial charge is 0.861 e. The molecule has 1 saturated heterocycles. The van der Waals surface area contributed by atoms with Gasteiger partial charge in [0.05, 0.1) is 36.9 Å². The number of hydrogen-bond donors (Lipinski definition) is 0. The van der Waals surface area contributed by atoms with Gasteiger partial charge in [-0.15, -0.1) is 5.11 Å². The minimum atomic E-state index is -3.94. The van der Waals surface area contributed by atoms with Gasteiger partial charge in [-0.3, -0.25) is 5.01 Å². The molecular formula is C12H15KN4O4S. The maximum atomic E-state index is 11.7. The van der Waals surface area contributed by atoms with E-state index in [1.807, 2.05) is 0 Å². The van der Waals surface area contributed by atoms with E-state index in [2.05, 4.69) is 14.7 Å². The Labute approximate surface area is 171 Å². The summed E-state index contributed by atoms with van der Waals surface area (Å²) in [6.45, 7) is 3.66. The Hall–Kier alpha value is -0.364. The van der Waals surface area contributed by atoms with E-state index in [0.29, 0.717) is 32.0 Å². The van der Waals surface area contributed by atoms with E-state index in [0.717, 1.165) is 6.92 Å². The maximum Gasteiger partial charge on any atom is 1.00 e. The molecule has 1 aromatic rings. The van der Waals surface area contributed by atoms with Crippen LogP contribution in [0.25, 0.3) is 0 Å². The Bertz CT molecular complexity index is 636. The molecule has 1 heterocycles. The van der Waals surface area contributed by atoms with Gasteiger partial charge in [0.2, 0.25) is 0 Å². The fourth-order valence-corrected chi connectivity index (χ4v) is 2.59. The SMILES string of the molecule is C/C([O-])=N\S(=O)(=O)c1ccc(N=NN2CCOCC2)cc1.[K+]. The van der Waals surface area contributed by atoms with Gasteiger partial charge < -0.3 is 9.84 Å². The van der Waals surface area contributed by atoms with Crippen molar-refractivity contribution in [3.63, 3.8) is 0 Å². The van der Waals surface area contributed by atoms with Gasteiger partial charge in [-0.2, -0.15) is 12.8 Å². The van der Waals surface area contributed by atoms with Crippen molar-refractivity contribution in [3.8, 4) is 0 Å². The number of benzene rings is 1. The van der Waals surface area contributed by atoms with Crippen molar-refractivity contribution in [1.82, 2.24) is 5.01 Å². The van der Waals surface area contributed by atoms with Gasteiger partial charge in [0.25, 0.3) is 10.0 Å². The average molecular weight is 350 g/mol. The van der Waals surface area contributed by atoms with Crippen molar-refractivity contribution in [2.75, 3.05) is 26.3 Å². The fourth-order valence-electron chi connectivity index (χ4n) is 1.66. The molecule has 114 valence electrons. The van der Waals surface area contributed by atoms with Crippen LogP contribution in [0.1, 0.15) is 6.92 Å². The number of ether oxygens (including phenoxy) is 1. The molecule has 10 heteroatoms. The predicted octanol–water partition coefficient (Wildman–Crippen LogP) is -2.51. The molecule has 22 heavy (non-hydrogen) atoms. The van der Waals surface area contributed by atoms with Gasteiger partial charge in [0.15, 0.2) is 0 Å². The normalized spacial score (nSPS) is 16.6.